The predicted molar refractivity (Wildman–Crippen MR) is 82.9 cm³/mol. The Bertz CT molecular complexity index is 770. The fourth-order valence-electron chi connectivity index (χ4n) is 3.60. The van der Waals surface area contributed by atoms with Crippen molar-refractivity contribution in [2.75, 3.05) is 9.80 Å². The highest BCUT2D eigenvalue weighted by atomic mass is 19.4. The molecule has 0 saturated carbocycles. The van der Waals surface area contributed by atoms with Crippen molar-refractivity contribution in [2.45, 2.75) is 38.7 Å². The first-order valence-corrected chi connectivity index (χ1v) is 7.60. The fourth-order valence-corrected chi connectivity index (χ4v) is 3.60. The van der Waals surface area contributed by atoms with Crippen LogP contribution in [-0.4, -0.2) is 17.2 Å². The minimum Gasteiger partial charge on any atom is -0.345 e. The highest BCUT2D eigenvalue weighted by Crippen LogP contribution is 2.50. The van der Waals surface area contributed by atoms with Gasteiger partial charge in [0.25, 0.3) is 0 Å². The minimum atomic E-state index is -4.38. The van der Waals surface area contributed by atoms with Crippen LogP contribution in [0.2, 0.25) is 0 Å². The maximum atomic E-state index is 13.0. The molecule has 0 amide bonds. The van der Waals surface area contributed by atoms with Crippen LogP contribution in [0.1, 0.15) is 25.0 Å². The summed E-state index contributed by atoms with van der Waals surface area (Å²) in [4.78, 5) is 8.26. The number of rotatable bonds is 1. The largest absolute Gasteiger partial charge is 0.417 e. The van der Waals surface area contributed by atoms with Gasteiger partial charge in [-0.15, -0.1) is 0 Å². The van der Waals surface area contributed by atoms with Gasteiger partial charge in [0.1, 0.15) is 6.17 Å². The van der Waals surface area contributed by atoms with E-state index in [1.165, 1.54) is 11.6 Å². The number of hydrogen-bond acceptors (Lipinski definition) is 3. The molecular formula is C17H16F3N3. The number of alkyl halides is 3. The van der Waals surface area contributed by atoms with Gasteiger partial charge in [-0.05, 0) is 31.5 Å². The van der Waals surface area contributed by atoms with Crippen LogP contribution in [0.4, 0.5) is 30.4 Å². The Morgan fingerprint density at radius 1 is 1.17 bits per heavy atom. The molecule has 2 aromatic rings. The Balaban J connectivity index is 1.89. The van der Waals surface area contributed by atoms with E-state index in [-0.39, 0.29) is 12.2 Å². The number of halogens is 3. The zero-order valence-corrected chi connectivity index (χ0v) is 12.8. The summed E-state index contributed by atoms with van der Waals surface area (Å²) < 4.78 is 39.1. The van der Waals surface area contributed by atoms with Gasteiger partial charge in [0, 0.05) is 24.3 Å². The Kier molecular flexibility index (Phi) is 2.89. The second-order valence-corrected chi connectivity index (χ2v) is 6.25. The van der Waals surface area contributed by atoms with Gasteiger partial charge < -0.3 is 9.80 Å². The lowest BCUT2D eigenvalue weighted by atomic mass is 10.1. The molecule has 0 spiro atoms. The van der Waals surface area contributed by atoms with Gasteiger partial charge in [0.05, 0.1) is 11.3 Å². The third kappa shape index (κ3) is 2.00. The summed E-state index contributed by atoms with van der Waals surface area (Å²) in [5, 5.41) is 0. The molecular weight excluding hydrogens is 303 g/mol. The third-order valence-corrected chi connectivity index (χ3v) is 4.51. The standard InChI is InChI=1S/C17H16F3N3/c1-10(2)22-14-8-12(17(18,19)20)9-21-16(14)23-13-6-4-3-5-11(13)7-15(22)23/h3-6,8-10,15H,7H2,1-2H3. The van der Waals surface area contributed by atoms with E-state index in [9.17, 15) is 13.2 Å². The topological polar surface area (TPSA) is 19.4 Å². The number of benzene rings is 1. The van der Waals surface area contributed by atoms with Crippen LogP contribution in [0.15, 0.2) is 36.5 Å². The first-order valence-electron chi connectivity index (χ1n) is 7.60. The summed E-state index contributed by atoms with van der Waals surface area (Å²) in [7, 11) is 0. The molecule has 1 aromatic heterocycles. The van der Waals surface area contributed by atoms with E-state index in [4.69, 9.17) is 0 Å². The Labute approximate surface area is 132 Å². The third-order valence-electron chi connectivity index (χ3n) is 4.51. The van der Waals surface area contributed by atoms with E-state index < -0.39 is 11.7 Å². The molecule has 23 heavy (non-hydrogen) atoms. The number of aromatic nitrogens is 1. The van der Waals surface area contributed by atoms with Crippen LogP contribution >= 0.6 is 0 Å². The van der Waals surface area contributed by atoms with E-state index in [1.54, 1.807) is 0 Å². The first kappa shape index (κ1) is 14.4. The fraction of sp³-hybridized carbons (Fsp3) is 0.353. The van der Waals surface area contributed by atoms with Crippen molar-refractivity contribution in [1.29, 1.82) is 0 Å². The number of pyridine rings is 1. The summed E-state index contributed by atoms with van der Waals surface area (Å²) >= 11 is 0. The van der Waals surface area contributed by atoms with Crippen molar-refractivity contribution >= 4 is 17.2 Å². The molecule has 3 heterocycles. The molecule has 2 aliphatic heterocycles. The molecule has 4 rings (SSSR count). The Morgan fingerprint density at radius 3 is 2.61 bits per heavy atom. The lowest BCUT2D eigenvalue weighted by Gasteiger charge is -2.30. The van der Waals surface area contributed by atoms with E-state index >= 15 is 0 Å². The van der Waals surface area contributed by atoms with Crippen LogP contribution in [0.25, 0.3) is 0 Å². The van der Waals surface area contributed by atoms with Crippen molar-refractivity contribution in [3.05, 3.63) is 47.7 Å². The zero-order valence-electron chi connectivity index (χ0n) is 12.8. The van der Waals surface area contributed by atoms with Gasteiger partial charge in [0.2, 0.25) is 0 Å². The number of hydrogen-bond donors (Lipinski definition) is 0. The van der Waals surface area contributed by atoms with E-state index in [1.807, 2.05) is 36.9 Å². The highest BCUT2D eigenvalue weighted by molar-refractivity contribution is 5.85. The molecule has 6 heteroatoms. The summed E-state index contributed by atoms with van der Waals surface area (Å²) in [6.45, 7) is 3.99. The Morgan fingerprint density at radius 2 is 1.91 bits per heavy atom. The first-order chi connectivity index (χ1) is 10.9. The molecule has 0 saturated heterocycles. The molecule has 2 aliphatic rings. The monoisotopic (exact) mass is 319 g/mol. The van der Waals surface area contributed by atoms with Crippen LogP contribution in [-0.2, 0) is 12.6 Å². The van der Waals surface area contributed by atoms with Gasteiger partial charge in [0.15, 0.2) is 5.82 Å². The lowest BCUT2D eigenvalue weighted by Crippen LogP contribution is -2.43. The van der Waals surface area contributed by atoms with Crippen LogP contribution < -0.4 is 9.80 Å². The van der Waals surface area contributed by atoms with Gasteiger partial charge >= 0.3 is 6.18 Å². The molecule has 120 valence electrons. The number of nitrogens with zero attached hydrogens (tertiary/aromatic N) is 3. The molecule has 1 atom stereocenters. The van der Waals surface area contributed by atoms with Crippen LogP contribution in [0, 0.1) is 0 Å². The van der Waals surface area contributed by atoms with Gasteiger partial charge in [-0.1, -0.05) is 18.2 Å². The molecule has 0 aliphatic carbocycles. The summed E-state index contributed by atoms with van der Waals surface area (Å²) in [6, 6.07) is 9.31. The van der Waals surface area contributed by atoms with E-state index in [0.29, 0.717) is 11.5 Å². The second-order valence-electron chi connectivity index (χ2n) is 6.25. The average molecular weight is 319 g/mol. The lowest BCUT2D eigenvalue weighted by molar-refractivity contribution is -0.137. The van der Waals surface area contributed by atoms with Crippen molar-refractivity contribution in [2.24, 2.45) is 0 Å². The summed E-state index contributed by atoms with van der Waals surface area (Å²) in [5.41, 5.74) is 2.11. The highest BCUT2D eigenvalue weighted by Gasteiger charge is 2.45. The van der Waals surface area contributed by atoms with Crippen LogP contribution in [0.3, 0.4) is 0 Å². The average Bonchev–Trinajstić information content (AvgIpc) is 2.98. The molecule has 0 fully saturated rings. The van der Waals surface area contributed by atoms with Crippen LogP contribution in [0.5, 0.6) is 0 Å². The van der Waals surface area contributed by atoms with Crippen molar-refractivity contribution in [3.63, 3.8) is 0 Å². The molecule has 1 aromatic carbocycles. The van der Waals surface area contributed by atoms with Gasteiger partial charge in [-0.25, -0.2) is 4.98 Å². The van der Waals surface area contributed by atoms with Gasteiger partial charge in [-0.2, -0.15) is 13.2 Å². The minimum absolute atomic E-state index is 0.00150. The molecule has 3 nitrogen and oxygen atoms in total. The number of para-hydroxylation sites is 1. The van der Waals surface area contributed by atoms with E-state index in [0.717, 1.165) is 18.3 Å². The smallest absolute Gasteiger partial charge is 0.345 e. The number of fused-ring (bicyclic) bond motifs is 5. The summed E-state index contributed by atoms with van der Waals surface area (Å²) in [5.74, 6) is 0.613. The molecule has 1 unspecified atom stereocenters. The van der Waals surface area contributed by atoms with E-state index in [2.05, 4.69) is 16.0 Å². The normalized spacial score (nSPS) is 19.1. The molecule has 0 bridgehead atoms. The van der Waals surface area contributed by atoms with Crippen molar-refractivity contribution in [1.82, 2.24) is 4.98 Å². The van der Waals surface area contributed by atoms with Crippen molar-refractivity contribution < 1.29 is 13.2 Å². The molecule has 0 N–H and O–H groups in total. The maximum Gasteiger partial charge on any atom is 0.417 e. The maximum absolute atomic E-state index is 13.0. The molecule has 0 radical (unpaired) electrons. The van der Waals surface area contributed by atoms with Gasteiger partial charge in [-0.3, -0.25) is 0 Å². The zero-order chi connectivity index (χ0) is 16.4. The summed E-state index contributed by atoms with van der Waals surface area (Å²) in [6.07, 6.45) is -2.67. The Hall–Kier alpha value is -2.24. The number of anilines is 3. The SMILES string of the molecule is CC(C)N1c2cc(C(F)(F)F)cnc2N2c3ccccc3CC21. The quantitative estimate of drug-likeness (QED) is 0.779. The predicted octanol–water partition coefficient (Wildman–Crippen LogP) is 4.35. The second kappa shape index (κ2) is 4.63. The van der Waals surface area contributed by atoms with Crippen molar-refractivity contribution in [3.8, 4) is 0 Å².